The Kier molecular flexibility index (Phi) is 7.49. The molecule has 1 aromatic carbocycles. The predicted molar refractivity (Wildman–Crippen MR) is 119 cm³/mol. The lowest BCUT2D eigenvalue weighted by atomic mass is 9.96. The van der Waals surface area contributed by atoms with Crippen LogP contribution in [0.25, 0.3) is 0 Å². The Morgan fingerprint density at radius 1 is 1.13 bits per heavy atom. The van der Waals surface area contributed by atoms with Gasteiger partial charge in [-0.15, -0.1) is 11.3 Å². The monoisotopic (exact) mass is 452 g/mol. The van der Waals surface area contributed by atoms with Gasteiger partial charge in [-0.1, -0.05) is 32.4 Å². The molecule has 0 aliphatic rings. The van der Waals surface area contributed by atoms with Crippen LogP contribution >= 0.6 is 22.9 Å². The standard InChI is InChI=1S/C21H25ClN2O5S/c1-11-12(2)30-18(24-20(27)21(3,4)5)17(11)19(26)29-10-16(25)23-14-9-13(22)7-8-15(14)28-6/h7-9H,10H2,1-6H3,(H,23,25)(H,24,27). The Labute approximate surface area is 184 Å². The van der Waals surface area contributed by atoms with Gasteiger partial charge in [-0.25, -0.2) is 4.79 Å². The maximum Gasteiger partial charge on any atom is 0.341 e. The van der Waals surface area contributed by atoms with Crippen LogP contribution < -0.4 is 15.4 Å². The maximum atomic E-state index is 12.7. The average Bonchev–Trinajstić information content (AvgIpc) is 2.93. The van der Waals surface area contributed by atoms with E-state index in [2.05, 4.69) is 10.6 Å². The molecular weight excluding hydrogens is 428 g/mol. The van der Waals surface area contributed by atoms with E-state index in [0.717, 1.165) is 4.88 Å². The number of halogens is 1. The lowest BCUT2D eigenvalue weighted by Gasteiger charge is -2.17. The van der Waals surface area contributed by atoms with Gasteiger partial charge in [0.1, 0.15) is 10.8 Å². The smallest absolute Gasteiger partial charge is 0.341 e. The molecular formula is C21H25ClN2O5S. The molecule has 0 saturated carbocycles. The van der Waals surface area contributed by atoms with Crippen molar-refractivity contribution in [2.24, 2.45) is 5.41 Å². The van der Waals surface area contributed by atoms with Crippen molar-refractivity contribution in [3.63, 3.8) is 0 Å². The summed E-state index contributed by atoms with van der Waals surface area (Å²) < 4.78 is 10.4. The molecule has 2 aromatic rings. The molecule has 162 valence electrons. The number of ether oxygens (including phenoxy) is 2. The van der Waals surface area contributed by atoms with Crippen molar-refractivity contribution in [3.8, 4) is 5.75 Å². The van der Waals surface area contributed by atoms with E-state index in [-0.39, 0.29) is 11.5 Å². The minimum Gasteiger partial charge on any atom is -0.495 e. The van der Waals surface area contributed by atoms with Crippen LogP contribution in [-0.2, 0) is 14.3 Å². The highest BCUT2D eigenvalue weighted by atomic mass is 35.5. The zero-order valence-corrected chi connectivity index (χ0v) is 19.3. The molecule has 0 fully saturated rings. The van der Waals surface area contributed by atoms with Crippen molar-refractivity contribution in [3.05, 3.63) is 39.2 Å². The third-order valence-electron chi connectivity index (χ3n) is 4.27. The number of benzene rings is 1. The summed E-state index contributed by atoms with van der Waals surface area (Å²) in [6.07, 6.45) is 0. The SMILES string of the molecule is COc1ccc(Cl)cc1NC(=O)COC(=O)c1c(NC(=O)C(C)(C)C)sc(C)c1C. The van der Waals surface area contributed by atoms with Gasteiger partial charge >= 0.3 is 5.97 Å². The molecule has 0 spiro atoms. The van der Waals surface area contributed by atoms with E-state index in [1.54, 1.807) is 39.8 Å². The second-order valence-electron chi connectivity index (χ2n) is 7.66. The largest absolute Gasteiger partial charge is 0.495 e. The first-order chi connectivity index (χ1) is 13.9. The molecule has 30 heavy (non-hydrogen) atoms. The van der Waals surface area contributed by atoms with Gasteiger partial charge in [0, 0.05) is 15.3 Å². The fraction of sp³-hybridized carbons (Fsp3) is 0.381. The first kappa shape index (κ1) is 23.7. The predicted octanol–water partition coefficient (Wildman–Crippen LogP) is 4.81. The molecule has 0 unspecified atom stereocenters. The van der Waals surface area contributed by atoms with Crippen molar-refractivity contribution < 1.29 is 23.9 Å². The Hall–Kier alpha value is -2.58. The van der Waals surface area contributed by atoms with Crippen LogP contribution in [-0.4, -0.2) is 31.5 Å². The molecule has 0 saturated heterocycles. The van der Waals surface area contributed by atoms with Gasteiger partial charge in [-0.2, -0.15) is 0 Å². The number of aryl methyl sites for hydroxylation is 1. The van der Waals surface area contributed by atoms with Crippen molar-refractivity contribution in [2.45, 2.75) is 34.6 Å². The lowest BCUT2D eigenvalue weighted by molar-refractivity contribution is -0.123. The molecule has 0 atom stereocenters. The van der Waals surface area contributed by atoms with Gasteiger partial charge in [-0.3, -0.25) is 9.59 Å². The second kappa shape index (κ2) is 9.49. The van der Waals surface area contributed by atoms with Gasteiger partial charge in [0.2, 0.25) is 5.91 Å². The van der Waals surface area contributed by atoms with Crippen LogP contribution in [0.4, 0.5) is 10.7 Å². The Balaban J connectivity index is 2.10. The van der Waals surface area contributed by atoms with Crippen LogP contribution in [0.2, 0.25) is 5.02 Å². The second-order valence-corrected chi connectivity index (χ2v) is 9.32. The Bertz CT molecular complexity index is 979. The zero-order chi connectivity index (χ0) is 22.6. The summed E-state index contributed by atoms with van der Waals surface area (Å²) in [7, 11) is 1.47. The summed E-state index contributed by atoms with van der Waals surface area (Å²) in [5, 5.41) is 6.22. The first-order valence-corrected chi connectivity index (χ1v) is 10.4. The molecule has 7 nitrogen and oxygen atoms in total. The molecule has 0 bridgehead atoms. The average molecular weight is 453 g/mol. The van der Waals surface area contributed by atoms with E-state index in [4.69, 9.17) is 21.1 Å². The van der Waals surface area contributed by atoms with Gasteiger partial charge in [0.25, 0.3) is 5.91 Å². The van der Waals surface area contributed by atoms with Crippen LogP contribution in [0.3, 0.4) is 0 Å². The summed E-state index contributed by atoms with van der Waals surface area (Å²) in [5.74, 6) is -1.03. The van der Waals surface area contributed by atoms with Gasteiger partial charge in [0.05, 0.1) is 18.4 Å². The van der Waals surface area contributed by atoms with Crippen LogP contribution in [0.1, 0.15) is 41.6 Å². The number of carbonyl (C=O) groups is 3. The molecule has 2 N–H and O–H groups in total. The fourth-order valence-corrected chi connectivity index (χ4v) is 3.63. The minimum atomic E-state index is -0.686. The highest BCUT2D eigenvalue weighted by Gasteiger charge is 2.27. The summed E-state index contributed by atoms with van der Waals surface area (Å²) in [5.41, 5.74) is 0.698. The number of hydrogen-bond acceptors (Lipinski definition) is 6. The fourth-order valence-electron chi connectivity index (χ4n) is 2.42. The number of methoxy groups -OCH3 is 1. The molecule has 2 rings (SSSR count). The summed E-state index contributed by atoms with van der Waals surface area (Å²) >= 11 is 7.24. The number of rotatable bonds is 6. The highest BCUT2D eigenvalue weighted by molar-refractivity contribution is 7.16. The molecule has 0 radical (unpaired) electrons. The topological polar surface area (TPSA) is 93.7 Å². The van der Waals surface area contributed by atoms with Crippen molar-refractivity contribution in [1.29, 1.82) is 0 Å². The third kappa shape index (κ3) is 5.73. The number of esters is 1. The lowest BCUT2D eigenvalue weighted by Crippen LogP contribution is -2.28. The van der Waals surface area contributed by atoms with E-state index in [9.17, 15) is 14.4 Å². The number of anilines is 2. The van der Waals surface area contributed by atoms with Crippen LogP contribution in [0, 0.1) is 19.3 Å². The van der Waals surface area contributed by atoms with Crippen LogP contribution in [0.5, 0.6) is 5.75 Å². The van der Waals surface area contributed by atoms with Gasteiger partial charge < -0.3 is 20.1 Å². The molecule has 0 aliphatic heterocycles. The number of thiophene rings is 1. The summed E-state index contributed by atoms with van der Waals surface area (Å²) in [4.78, 5) is 38.1. The number of hydrogen-bond donors (Lipinski definition) is 2. The first-order valence-electron chi connectivity index (χ1n) is 9.16. The third-order valence-corrected chi connectivity index (χ3v) is 5.63. The summed E-state index contributed by atoms with van der Waals surface area (Å²) in [6.45, 7) is 8.45. The van der Waals surface area contributed by atoms with Crippen molar-refractivity contribution in [2.75, 3.05) is 24.4 Å². The molecule has 2 amide bonds. The Morgan fingerprint density at radius 3 is 2.40 bits per heavy atom. The Morgan fingerprint density at radius 2 is 1.80 bits per heavy atom. The molecule has 9 heteroatoms. The van der Waals surface area contributed by atoms with Crippen molar-refractivity contribution in [1.82, 2.24) is 0 Å². The minimum absolute atomic E-state index is 0.219. The van der Waals surface area contributed by atoms with Crippen molar-refractivity contribution >= 4 is 51.4 Å². The van der Waals surface area contributed by atoms with Gasteiger partial charge in [-0.05, 0) is 37.6 Å². The quantitative estimate of drug-likeness (QED) is 0.613. The number of carbonyl (C=O) groups excluding carboxylic acids is 3. The number of amides is 2. The maximum absolute atomic E-state index is 12.7. The molecule has 1 aromatic heterocycles. The normalized spacial score (nSPS) is 11.0. The van der Waals surface area contributed by atoms with E-state index in [1.165, 1.54) is 24.5 Å². The van der Waals surface area contributed by atoms with E-state index < -0.39 is 23.9 Å². The molecule has 0 aliphatic carbocycles. The molecule has 1 heterocycles. The van der Waals surface area contributed by atoms with E-state index in [1.807, 2.05) is 6.92 Å². The van der Waals surface area contributed by atoms with Gasteiger partial charge in [0.15, 0.2) is 6.61 Å². The van der Waals surface area contributed by atoms with E-state index >= 15 is 0 Å². The van der Waals surface area contributed by atoms with Crippen LogP contribution in [0.15, 0.2) is 18.2 Å². The highest BCUT2D eigenvalue weighted by Crippen LogP contribution is 2.34. The number of nitrogens with one attached hydrogen (secondary N) is 2. The van der Waals surface area contributed by atoms with E-state index in [0.29, 0.717) is 27.0 Å². The zero-order valence-electron chi connectivity index (χ0n) is 17.8. The summed E-state index contributed by atoms with van der Waals surface area (Å²) in [6, 6.07) is 4.78.